The lowest BCUT2D eigenvalue weighted by Gasteiger charge is -2.24. The summed E-state index contributed by atoms with van der Waals surface area (Å²) in [5.41, 5.74) is 1.13. The van der Waals surface area contributed by atoms with E-state index in [0.717, 1.165) is 5.56 Å². The molecule has 20 heavy (non-hydrogen) atoms. The van der Waals surface area contributed by atoms with Crippen molar-refractivity contribution in [3.8, 4) is 11.8 Å². The average molecular weight is 293 g/mol. The second-order valence-electron chi connectivity index (χ2n) is 5.52. The van der Waals surface area contributed by atoms with Crippen molar-refractivity contribution in [3.05, 3.63) is 35.9 Å². The zero-order chi connectivity index (χ0) is 15.0. The zero-order valence-electron chi connectivity index (χ0n) is 12.6. The first-order valence-electron chi connectivity index (χ1n) is 6.67. The van der Waals surface area contributed by atoms with Gasteiger partial charge in [0.05, 0.1) is 6.61 Å². The van der Waals surface area contributed by atoms with E-state index in [1.165, 1.54) is 0 Å². The van der Waals surface area contributed by atoms with Crippen LogP contribution < -0.4 is 4.72 Å². The molecule has 1 rings (SSSR count). The molecule has 0 aliphatic heterocycles. The lowest BCUT2D eigenvalue weighted by Crippen LogP contribution is -2.43. The van der Waals surface area contributed by atoms with Crippen LogP contribution in [0.15, 0.2) is 30.3 Å². The summed E-state index contributed by atoms with van der Waals surface area (Å²) >= 11 is -1.10. The maximum atomic E-state index is 11.8. The second-order valence-corrected chi connectivity index (χ2v) is 7.52. The summed E-state index contributed by atoms with van der Waals surface area (Å²) in [6.45, 7) is 8.62. The molecule has 3 nitrogen and oxygen atoms in total. The second kappa shape index (κ2) is 8.33. The molecule has 0 spiro atoms. The molecule has 110 valence electrons. The highest BCUT2D eigenvalue weighted by Gasteiger charge is 2.27. The van der Waals surface area contributed by atoms with Crippen LogP contribution >= 0.6 is 0 Å². The van der Waals surface area contributed by atoms with Crippen molar-refractivity contribution in [2.75, 3.05) is 6.61 Å². The van der Waals surface area contributed by atoms with Gasteiger partial charge in [0.25, 0.3) is 0 Å². The van der Waals surface area contributed by atoms with E-state index in [-0.39, 0.29) is 10.8 Å². The van der Waals surface area contributed by atoms with Gasteiger partial charge in [-0.25, -0.2) is 0 Å². The molecule has 1 aromatic carbocycles. The van der Waals surface area contributed by atoms with Gasteiger partial charge in [-0.2, -0.15) is 0 Å². The summed E-state index contributed by atoms with van der Waals surface area (Å²) in [5.74, 6) is 5.94. The summed E-state index contributed by atoms with van der Waals surface area (Å²) in [6.07, 6.45) is 0. The van der Waals surface area contributed by atoms with Crippen LogP contribution in [0, 0.1) is 11.8 Å². The molecule has 0 radical (unpaired) electrons. The van der Waals surface area contributed by atoms with E-state index < -0.39 is 11.4 Å². The van der Waals surface area contributed by atoms with Gasteiger partial charge in [-0.1, -0.05) is 42.2 Å². The number of benzene rings is 1. The highest BCUT2D eigenvalue weighted by Crippen LogP contribution is 2.13. The topological polar surface area (TPSA) is 44.3 Å². The minimum atomic E-state index is -1.10. The molecule has 1 unspecified atom stereocenters. The van der Waals surface area contributed by atoms with Gasteiger partial charge >= 0.3 is 0 Å². The Bertz CT molecular complexity index is 445. The van der Waals surface area contributed by atoms with Gasteiger partial charge in [0.2, 0.25) is 0 Å². The van der Waals surface area contributed by atoms with E-state index in [2.05, 4.69) is 16.6 Å². The molecule has 0 fully saturated rings. The summed E-state index contributed by atoms with van der Waals surface area (Å²) in [4.78, 5) is 0. The van der Waals surface area contributed by atoms with Crippen LogP contribution in [0.5, 0.6) is 0 Å². The van der Waals surface area contributed by atoms with Crippen molar-refractivity contribution in [1.29, 1.82) is 0 Å². The quantitative estimate of drug-likeness (QED) is 0.516. The maximum Gasteiger partial charge on any atom is 0.136 e. The third-order valence-electron chi connectivity index (χ3n) is 2.44. The minimum absolute atomic E-state index is 0.115. The first kappa shape index (κ1) is 17.1. The van der Waals surface area contributed by atoms with Crippen LogP contribution in [0.3, 0.4) is 0 Å². The lowest BCUT2D eigenvalue weighted by atomic mass is 10.2. The molecule has 0 bridgehead atoms. The fourth-order valence-corrected chi connectivity index (χ4v) is 2.09. The molecule has 0 aliphatic carbocycles. The zero-order valence-corrected chi connectivity index (χ0v) is 13.4. The van der Waals surface area contributed by atoms with Crippen molar-refractivity contribution in [2.45, 2.75) is 45.1 Å². The van der Waals surface area contributed by atoms with E-state index in [1.54, 1.807) is 0 Å². The van der Waals surface area contributed by atoms with Crippen molar-refractivity contribution >= 4 is 11.4 Å². The Morgan fingerprint density at radius 3 is 2.55 bits per heavy atom. The first-order valence-corrected chi connectivity index (χ1v) is 7.82. The van der Waals surface area contributed by atoms with Crippen molar-refractivity contribution in [3.63, 3.8) is 0 Å². The number of hydrogen-bond acceptors (Lipinski definition) is 3. The van der Waals surface area contributed by atoms with Crippen LogP contribution in [0.2, 0.25) is 0 Å². The summed E-state index contributed by atoms with van der Waals surface area (Å²) in [7, 11) is 0. The molecular formula is C16H23NO2S. The van der Waals surface area contributed by atoms with E-state index in [4.69, 9.17) is 4.74 Å². The number of ether oxygens (including phenoxy) is 1. The van der Waals surface area contributed by atoms with Gasteiger partial charge < -0.3 is 9.29 Å². The summed E-state index contributed by atoms with van der Waals surface area (Å²) < 4.78 is 20.0. The standard InChI is InChI=1S/C16H23NO2S/c1-14(17-20(18)16(2,3)4)9-8-12-19-13-15-10-6-5-7-11-15/h5-7,10-11,14,17H,12-13H2,1-4H3/t14-,20?/m1/s1. The Kier molecular flexibility index (Phi) is 7.11. The molecule has 2 atom stereocenters. The summed E-state index contributed by atoms with van der Waals surface area (Å²) in [6, 6.07) is 9.87. The molecule has 0 saturated carbocycles. The predicted molar refractivity (Wildman–Crippen MR) is 84.4 cm³/mol. The first-order chi connectivity index (χ1) is 9.39. The smallest absolute Gasteiger partial charge is 0.136 e. The lowest BCUT2D eigenvalue weighted by molar-refractivity contribution is 0.153. The van der Waals surface area contributed by atoms with Crippen LogP contribution in [-0.2, 0) is 22.7 Å². The van der Waals surface area contributed by atoms with Gasteiger partial charge in [-0.05, 0) is 33.3 Å². The van der Waals surface area contributed by atoms with Crippen LogP contribution in [0.25, 0.3) is 0 Å². The van der Waals surface area contributed by atoms with Crippen molar-refractivity contribution in [1.82, 2.24) is 4.72 Å². The molecule has 1 aromatic rings. The fourth-order valence-electron chi connectivity index (χ4n) is 1.36. The monoisotopic (exact) mass is 293 g/mol. The Labute approximate surface area is 125 Å². The molecular weight excluding hydrogens is 270 g/mol. The third-order valence-corrected chi connectivity index (χ3v) is 4.12. The SMILES string of the molecule is C[C@H](C#CCOCc1ccccc1)N[S+]([O-])C(C)(C)C. The average Bonchev–Trinajstić information content (AvgIpc) is 2.38. The number of hydrogen-bond donors (Lipinski definition) is 1. The Hall–Kier alpha value is -0.990. The van der Waals surface area contributed by atoms with Gasteiger partial charge in [0.1, 0.15) is 17.4 Å². The highest BCUT2D eigenvalue weighted by molar-refractivity contribution is 7.90. The summed E-state index contributed by atoms with van der Waals surface area (Å²) in [5, 5.41) is 0. The molecule has 1 N–H and O–H groups in total. The Morgan fingerprint density at radius 2 is 1.95 bits per heavy atom. The van der Waals surface area contributed by atoms with Gasteiger partial charge in [0, 0.05) is 11.4 Å². The largest absolute Gasteiger partial charge is 0.598 e. The third kappa shape index (κ3) is 6.97. The predicted octanol–water partition coefficient (Wildman–Crippen LogP) is 2.65. The van der Waals surface area contributed by atoms with Gasteiger partial charge in [0.15, 0.2) is 0 Å². The van der Waals surface area contributed by atoms with E-state index in [0.29, 0.717) is 13.2 Å². The molecule has 0 aromatic heterocycles. The maximum absolute atomic E-state index is 11.8. The van der Waals surface area contributed by atoms with E-state index in [9.17, 15) is 4.55 Å². The fraction of sp³-hybridized carbons (Fsp3) is 0.500. The van der Waals surface area contributed by atoms with Gasteiger partial charge in [-0.3, -0.25) is 0 Å². The van der Waals surface area contributed by atoms with E-state index in [1.807, 2.05) is 58.0 Å². The number of rotatable bonds is 5. The molecule has 0 saturated heterocycles. The molecule has 4 heteroatoms. The van der Waals surface area contributed by atoms with Gasteiger partial charge in [-0.15, -0.1) is 4.72 Å². The number of nitrogens with one attached hydrogen (secondary N) is 1. The van der Waals surface area contributed by atoms with Crippen molar-refractivity contribution in [2.24, 2.45) is 0 Å². The van der Waals surface area contributed by atoms with Crippen LogP contribution in [-0.4, -0.2) is 21.9 Å². The van der Waals surface area contributed by atoms with Crippen LogP contribution in [0.1, 0.15) is 33.3 Å². The van der Waals surface area contributed by atoms with Crippen molar-refractivity contribution < 1.29 is 9.29 Å². The Morgan fingerprint density at radius 1 is 1.30 bits per heavy atom. The van der Waals surface area contributed by atoms with Crippen LogP contribution in [0.4, 0.5) is 0 Å². The Balaban J connectivity index is 2.25. The highest BCUT2D eigenvalue weighted by atomic mass is 32.2. The molecule has 0 heterocycles. The normalized spacial score (nSPS) is 14.2. The molecule has 0 aliphatic rings. The molecule has 0 amide bonds. The minimum Gasteiger partial charge on any atom is -0.598 e. The van der Waals surface area contributed by atoms with E-state index >= 15 is 0 Å².